The van der Waals surface area contributed by atoms with Gasteiger partial charge in [0.15, 0.2) is 6.39 Å². The van der Waals surface area contributed by atoms with E-state index in [1.807, 2.05) is 0 Å². The van der Waals surface area contributed by atoms with Crippen molar-refractivity contribution in [3.05, 3.63) is 18.4 Å². The van der Waals surface area contributed by atoms with E-state index < -0.39 is 17.9 Å². The maximum atomic E-state index is 11.0. The van der Waals surface area contributed by atoms with E-state index in [1.54, 1.807) is 0 Å². The number of rotatable bonds is 2. The third kappa shape index (κ3) is 1.34. The zero-order valence-corrected chi connectivity index (χ0v) is 7.14. The van der Waals surface area contributed by atoms with E-state index in [1.165, 1.54) is 12.6 Å². The van der Waals surface area contributed by atoms with E-state index in [2.05, 4.69) is 10.3 Å². The molecule has 0 spiro atoms. The molecule has 1 aromatic rings. The Labute approximate surface area is 78.9 Å². The number of nitrogens with one attached hydrogen (secondary N) is 1. The highest BCUT2D eigenvalue weighted by Crippen LogP contribution is 2.29. The van der Waals surface area contributed by atoms with Crippen molar-refractivity contribution in [2.75, 3.05) is 0 Å². The van der Waals surface area contributed by atoms with Gasteiger partial charge in [0.05, 0.1) is 12.1 Å². The van der Waals surface area contributed by atoms with Gasteiger partial charge in [0.2, 0.25) is 5.91 Å². The number of aromatic nitrogens is 1. The molecule has 6 nitrogen and oxygen atoms in total. The lowest BCUT2D eigenvalue weighted by Crippen LogP contribution is -2.23. The monoisotopic (exact) mass is 196 g/mol. The highest BCUT2D eigenvalue weighted by Gasteiger charge is 2.40. The molecule has 2 N–H and O–H groups in total. The fourth-order valence-electron chi connectivity index (χ4n) is 1.53. The van der Waals surface area contributed by atoms with E-state index in [9.17, 15) is 9.59 Å². The van der Waals surface area contributed by atoms with Gasteiger partial charge in [-0.2, -0.15) is 0 Å². The number of carbonyl (C=O) groups is 2. The van der Waals surface area contributed by atoms with Crippen molar-refractivity contribution >= 4 is 11.9 Å². The Morgan fingerprint density at radius 3 is 3.07 bits per heavy atom. The summed E-state index contributed by atoms with van der Waals surface area (Å²) in [5.41, 5.74) is 0. The number of hydrogen-bond acceptors (Lipinski definition) is 4. The number of carbonyl (C=O) groups excluding carboxylic acids is 1. The van der Waals surface area contributed by atoms with Crippen LogP contribution in [0.3, 0.4) is 0 Å². The molecule has 0 saturated carbocycles. The van der Waals surface area contributed by atoms with Gasteiger partial charge in [0, 0.05) is 6.42 Å². The Bertz CT molecular complexity index is 359. The zero-order chi connectivity index (χ0) is 10.1. The molecule has 2 unspecified atom stereocenters. The molecule has 2 heterocycles. The average Bonchev–Trinajstić information content (AvgIpc) is 2.70. The van der Waals surface area contributed by atoms with Gasteiger partial charge in [-0.3, -0.25) is 9.59 Å². The smallest absolute Gasteiger partial charge is 0.309 e. The maximum absolute atomic E-state index is 11.0. The first kappa shape index (κ1) is 8.74. The van der Waals surface area contributed by atoms with Gasteiger partial charge in [0.25, 0.3) is 0 Å². The molecule has 0 aromatic carbocycles. The molecule has 2 rings (SSSR count). The van der Waals surface area contributed by atoms with E-state index in [-0.39, 0.29) is 12.3 Å². The predicted octanol–water partition coefficient (Wildman–Crippen LogP) is -0.0636. The van der Waals surface area contributed by atoms with Crippen molar-refractivity contribution in [3.63, 3.8) is 0 Å². The second-order valence-electron chi connectivity index (χ2n) is 3.10. The minimum atomic E-state index is -1.01. The molecule has 0 bridgehead atoms. The number of aliphatic carboxylic acids is 1. The van der Waals surface area contributed by atoms with Crippen molar-refractivity contribution in [1.82, 2.24) is 10.3 Å². The standard InChI is InChI=1S/C8H8N2O4/c11-6-1-4(8(12)13)7(10-6)5-2-9-3-14-5/h2-4,7H,1H2,(H,10,11)(H,12,13). The minimum absolute atomic E-state index is 0.0132. The fourth-order valence-corrected chi connectivity index (χ4v) is 1.53. The van der Waals surface area contributed by atoms with E-state index >= 15 is 0 Å². The van der Waals surface area contributed by atoms with Gasteiger partial charge in [0.1, 0.15) is 11.8 Å². The normalized spacial score (nSPS) is 26.1. The highest BCUT2D eigenvalue weighted by molar-refractivity contribution is 5.87. The Morgan fingerprint density at radius 1 is 1.71 bits per heavy atom. The molecule has 0 aliphatic carbocycles. The van der Waals surface area contributed by atoms with Crippen molar-refractivity contribution in [3.8, 4) is 0 Å². The Hall–Kier alpha value is -1.85. The lowest BCUT2D eigenvalue weighted by atomic mass is 9.99. The number of hydrogen-bond donors (Lipinski definition) is 2. The van der Waals surface area contributed by atoms with Crippen molar-refractivity contribution in [2.24, 2.45) is 5.92 Å². The molecule has 1 aromatic heterocycles. The Kier molecular flexibility index (Phi) is 1.95. The highest BCUT2D eigenvalue weighted by atomic mass is 16.4. The number of amides is 1. The summed E-state index contributed by atoms with van der Waals surface area (Å²) in [5, 5.41) is 11.4. The largest absolute Gasteiger partial charge is 0.481 e. The van der Waals surface area contributed by atoms with Gasteiger partial charge in [-0.05, 0) is 0 Å². The second kappa shape index (κ2) is 3.13. The van der Waals surface area contributed by atoms with Gasteiger partial charge in [-0.25, -0.2) is 4.98 Å². The molecule has 1 saturated heterocycles. The number of carboxylic acid groups (broad SMARTS) is 1. The summed E-state index contributed by atoms with van der Waals surface area (Å²) in [7, 11) is 0. The summed E-state index contributed by atoms with van der Waals surface area (Å²) in [6.07, 6.45) is 2.60. The van der Waals surface area contributed by atoms with Crippen LogP contribution in [0.15, 0.2) is 17.0 Å². The molecule has 0 radical (unpaired) electrons. The molecule has 1 fully saturated rings. The number of oxazole rings is 1. The SMILES string of the molecule is O=C1CC(C(=O)O)C(c2cnco2)N1. The molecule has 74 valence electrons. The Morgan fingerprint density at radius 2 is 2.50 bits per heavy atom. The molecule has 1 aliphatic rings. The van der Waals surface area contributed by atoms with Crippen LogP contribution >= 0.6 is 0 Å². The summed E-state index contributed by atoms with van der Waals surface area (Å²) in [4.78, 5) is 25.5. The summed E-state index contributed by atoms with van der Waals surface area (Å²) in [5.74, 6) is -1.68. The van der Waals surface area contributed by atoms with Crippen LogP contribution in [0, 0.1) is 5.92 Å². The quantitative estimate of drug-likeness (QED) is 0.691. The molecule has 14 heavy (non-hydrogen) atoms. The van der Waals surface area contributed by atoms with Gasteiger partial charge >= 0.3 is 5.97 Å². The molecular formula is C8H8N2O4. The van der Waals surface area contributed by atoms with Crippen LogP contribution in [-0.2, 0) is 9.59 Å². The van der Waals surface area contributed by atoms with E-state index in [0.717, 1.165) is 0 Å². The molecular weight excluding hydrogens is 188 g/mol. The Balaban J connectivity index is 2.26. The number of nitrogens with zero attached hydrogens (tertiary/aromatic N) is 1. The van der Waals surface area contributed by atoms with Crippen LogP contribution in [0.5, 0.6) is 0 Å². The molecule has 6 heteroatoms. The second-order valence-corrected chi connectivity index (χ2v) is 3.10. The minimum Gasteiger partial charge on any atom is -0.481 e. The van der Waals surface area contributed by atoms with Crippen LogP contribution in [0.1, 0.15) is 18.2 Å². The van der Waals surface area contributed by atoms with E-state index in [0.29, 0.717) is 5.76 Å². The van der Waals surface area contributed by atoms with Crippen LogP contribution in [0.25, 0.3) is 0 Å². The first-order chi connectivity index (χ1) is 6.68. The lowest BCUT2D eigenvalue weighted by molar-refractivity contribution is -0.142. The molecule has 2 atom stereocenters. The first-order valence-electron chi connectivity index (χ1n) is 4.09. The van der Waals surface area contributed by atoms with Crippen molar-refractivity contribution < 1.29 is 19.1 Å². The lowest BCUT2D eigenvalue weighted by Gasteiger charge is -2.10. The van der Waals surface area contributed by atoms with Gasteiger partial charge in [-0.1, -0.05) is 0 Å². The van der Waals surface area contributed by atoms with Crippen molar-refractivity contribution in [1.29, 1.82) is 0 Å². The van der Waals surface area contributed by atoms with Crippen LogP contribution in [0.4, 0.5) is 0 Å². The average molecular weight is 196 g/mol. The third-order valence-electron chi connectivity index (χ3n) is 2.20. The maximum Gasteiger partial charge on any atom is 0.309 e. The topological polar surface area (TPSA) is 92.4 Å². The van der Waals surface area contributed by atoms with Gasteiger partial charge in [-0.15, -0.1) is 0 Å². The third-order valence-corrected chi connectivity index (χ3v) is 2.20. The van der Waals surface area contributed by atoms with E-state index in [4.69, 9.17) is 9.52 Å². The summed E-state index contributed by atoms with van der Waals surface area (Å²) in [6, 6.07) is -0.595. The zero-order valence-electron chi connectivity index (χ0n) is 7.14. The van der Waals surface area contributed by atoms with Crippen LogP contribution < -0.4 is 5.32 Å². The van der Waals surface area contributed by atoms with Crippen molar-refractivity contribution in [2.45, 2.75) is 12.5 Å². The summed E-state index contributed by atoms with van der Waals surface area (Å²) in [6.45, 7) is 0. The summed E-state index contributed by atoms with van der Waals surface area (Å²) >= 11 is 0. The predicted molar refractivity (Wildman–Crippen MR) is 43.1 cm³/mol. The molecule has 1 amide bonds. The van der Waals surface area contributed by atoms with Crippen LogP contribution in [-0.4, -0.2) is 22.0 Å². The van der Waals surface area contributed by atoms with Crippen LogP contribution in [0.2, 0.25) is 0 Å². The molecule has 1 aliphatic heterocycles. The van der Waals surface area contributed by atoms with Gasteiger partial charge < -0.3 is 14.8 Å². The number of carboxylic acids is 1. The summed E-state index contributed by atoms with van der Waals surface area (Å²) < 4.78 is 4.96. The first-order valence-corrected chi connectivity index (χ1v) is 4.09. The fraction of sp³-hybridized carbons (Fsp3) is 0.375.